The van der Waals surface area contributed by atoms with Gasteiger partial charge in [0.2, 0.25) is 0 Å². The first kappa shape index (κ1) is 21.0. The first-order valence-corrected chi connectivity index (χ1v) is 9.97. The zero-order chi connectivity index (χ0) is 19.9. The first-order chi connectivity index (χ1) is 12.9. The highest BCUT2D eigenvalue weighted by Gasteiger charge is 2.22. The van der Waals surface area contributed by atoms with Crippen LogP contribution in [0.2, 0.25) is 5.02 Å². The minimum atomic E-state index is -4.02. The van der Waals surface area contributed by atoms with Crippen molar-refractivity contribution < 1.29 is 22.7 Å². The number of hydrogen-bond donors (Lipinski definition) is 2. The Hall–Kier alpha value is -2.29. The standard InChI is InChI=1S/C18H21ClN2O5S/c1-25-11-5-10-20-18(22)14-6-3-4-7-15(14)21-27(23,24)17-12-13(19)8-9-16(17)26-2/h3-4,6-9,12,21H,5,10-11H2,1-2H3,(H,20,22). The number of para-hydroxylation sites is 1. The molecule has 0 radical (unpaired) electrons. The summed E-state index contributed by atoms with van der Waals surface area (Å²) in [4.78, 5) is 12.3. The topological polar surface area (TPSA) is 93.7 Å². The van der Waals surface area contributed by atoms with E-state index in [0.717, 1.165) is 0 Å². The van der Waals surface area contributed by atoms with Gasteiger partial charge in [-0.05, 0) is 36.8 Å². The summed E-state index contributed by atoms with van der Waals surface area (Å²) in [6.45, 7) is 0.930. The summed E-state index contributed by atoms with van der Waals surface area (Å²) in [7, 11) is -1.08. The van der Waals surface area contributed by atoms with E-state index in [9.17, 15) is 13.2 Å². The largest absolute Gasteiger partial charge is 0.495 e. The molecule has 2 rings (SSSR count). The number of benzene rings is 2. The Bertz CT molecular complexity index is 902. The lowest BCUT2D eigenvalue weighted by molar-refractivity contribution is 0.0949. The molecule has 2 aromatic carbocycles. The molecule has 0 aliphatic heterocycles. The van der Waals surface area contributed by atoms with Crippen LogP contribution in [-0.2, 0) is 14.8 Å². The Balaban J connectivity index is 2.27. The third-order valence-corrected chi connectivity index (χ3v) is 5.26. The van der Waals surface area contributed by atoms with E-state index in [-0.39, 0.29) is 32.8 Å². The Morgan fingerprint density at radius 2 is 1.89 bits per heavy atom. The van der Waals surface area contributed by atoms with E-state index in [1.807, 2.05) is 0 Å². The molecule has 146 valence electrons. The van der Waals surface area contributed by atoms with Crippen LogP contribution in [0.25, 0.3) is 0 Å². The quantitative estimate of drug-likeness (QED) is 0.617. The molecule has 2 N–H and O–H groups in total. The number of ether oxygens (including phenoxy) is 2. The molecule has 0 aliphatic rings. The molecule has 0 unspecified atom stereocenters. The summed E-state index contributed by atoms with van der Waals surface area (Å²) in [5.41, 5.74) is 0.364. The SMILES string of the molecule is COCCCNC(=O)c1ccccc1NS(=O)(=O)c1cc(Cl)ccc1OC. The molecule has 0 atom stereocenters. The number of amides is 1. The van der Waals surface area contributed by atoms with Crippen molar-refractivity contribution in [2.75, 3.05) is 32.1 Å². The average molecular weight is 413 g/mol. The van der Waals surface area contributed by atoms with Crippen LogP contribution in [0.3, 0.4) is 0 Å². The highest BCUT2D eigenvalue weighted by molar-refractivity contribution is 7.92. The summed E-state index contributed by atoms with van der Waals surface area (Å²) in [5, 5.41) is 2.98. The van der Waals surface area contributed by atoms with E-state index in [4.69, 9.17) is 21.1 Å². The van der Waals surface area contributed by atoms with Crippen LogP contribution >= 0.6 is 11.6 Å². The van der Waals surface area contributed by atoms with Crippen molar-refractivity contribution in [1.29, 1.82) is 0 Å². The van der Waals surface area contributed by atoms with Crippen LogP contribution in [0.5, 0.6) is 5.75 Å². The monoisotopic (exact) mass is 412 g/mol. The van der Waals surface area contributed by atoms with Gasteiger partial charge in [-0.1, -0.05) is 23.7 Å². The molecular weight excluding hydrogens is 392 g/mol. The van der Waals surface area contributed by atoms with Gasteiger partial charge in [-0.2, -0.15) is 0 Å². The van der Waals surface area contributed by atoms with Gasteiger partial charge in [-0.15, -0.1) is 0 Å². The number of hydrogen-bond acceptors (Lipinski definition) is 5. The maximum absolute atomic E-state index is 12.8. The minimum absolute atomic E-state index is 0.118. The van der Waals surface area contributed by atoms with E-state index in [2.05, 4.69) is 10.0 Å². The number of nitrogens with one attached hydrogen (secondary N) is 2. The maximum Gasteiger partial charge on any atom is 0.265 e. The van der Waals surface area contributed by atoms with Gasteiger partial charge in [-0.3, -0.25) is 9.52 Å². The van der Waals surface area contributed by atoms with Gasteiger partial charge in [0.1, 0.15) is 10.6 Å². The van der Waals surface area contributed by atoms with Crippen LogP contribution < -0.4 is 14.8 Å². The molecule has 0 fully saturated rings. The van der Waals surface area contributed by atoms with Crippen molar-refractivity contribution in [2.24, 2.45) is 0 Å². The van der Waals surface area contributed by atoms with Crippen LogP contribution in [-0.4, -0.2) is 41.7 Å². The fourth-order valence-electron chi connectivity index (χ4n) is 2.34. The number of carbonyl (C=O) groups excluding carboxylic acids is 1. The third-order valence-electron chi connectivity index (χ3n) is 3.64. The molecule has 7 nitrogen and oxygen atoms in total. The molecule has 0 bridgehead atoms. The van der Waals surface area contributed by atoms with Gasteiger partial charge in [0.25, 0.3) is 15.9 Å². The van der Waals surface area contributed by atoms with Crippen molar-refractivity contribution in [3.63, 3.8) is 0 Å². The number of carbonyl (C=O) groups is 1. The summed E-state index contributed by atoms with van der Waals surface area (Å²) in [6.07, 6.45) is 0.649. The molecular formula is C18H21ClN2O5S. The first-order valence-electron chi connectivity index (χ1n) is 8.11. The zero-order valence-corrected chi connectivity index (χ0v) is 16.6. The highest BCUT2D eigenvalue weighted by Crippen LogP contribution is 2.29. The minimum Gasteiger partial charge on any atom is -0.495 e. The van der Waals surface area contributed by atoms with Crippen LogP contribution in [0.15, 0.2) is 47.4 Å². The van der Waals surface area contributed by atoms with Gasteiger partial charge < -0.3 is 14.8 Å². The van der Waals surface area contributed by atoms with Crippen LogP contribution in [0, 0.1) is 0 Å². The van der Waals surface area contributed by atoms with Gasteiger partial charge >= 0.3 is 0 Å². The maximum atomic E-state index is 12.8. The smallest absolute Gasteiger partial charge is 0.265 e. The summed E-state index contributed by atoms with van der Waals surface area (Å²) in [6, 6.07) is 10.6. The van der Waals surface area contributed by atoms with Gasteiger partial charge in [0, 0.05) is 25.3 Å². The Kier molecular flexibility index (Phi) is 7.46. The van der Waals surface area contributed by atoms with Crippen molar-refractivity contribution in [2.45, 2.75) is 11.3 Å². The summed E-state index contributed by atoms with van der Waals surface area (Å²) >= 11 is 5.93. The van der Waals surface area contributed by atoms with E-state index < -0.39 is 10.0 Å². The molecule has 0 saturated carbocycles. The second kappa shape index (κ2) is 9.59. The van der Waals surface area contributed by atoms with E-state index in [1.165, 1.54) is 31.4 Å². The summed E-state index contributed by atoms with van der Waals surface area (Å²) < 4.78 is 38.1. The summed E-state index contributed by atoms with van der Waals surface area (Å²) in [5.74, 6) is -0.240. The van der Waals surface area contributed by atoms with Gasteiger partial charge in [0.05, 0.1) is 18.4 Å². The van der Waals surface area contributed by atoms with E-state index in [1.54, 1.807) is 25.3 Å². The zero-order valence-electron chi connectivity index (χ0n) is 15.0. The van der Waals surface area contributed by atoms with Crippen LogP contribution in [0.1, 0.15) is 16.8 Å². The average Bonchev–Trinajstić information content (AvgIpc) is 2.65. The molecule has 0 saturated heterocycles. The predicted octanol–water partition coefficient (Wildman–Crippen LogP) is 2.92. The predicted molar refractivity (Wildman–Crippen MR) is 104 cm³/mol. The lowest BCUT2D eigenvalue weighted by atomic mass is 10.1. The molecule has 0 aliphatic carbocycles. The molecule has 1 amide bonds. The lowest BCUT2D eigenvalue weighted by Gasteiger charge is -2.14. The Labute approximate surface area is 163 Å². The second-order valence-electron chi connectivity index (χ2n) is 5.55. The molecule has 0 aromatic heterocycles. The Morgan fingerprint density at radius 1 is 1.15 bits per heavy atom. The van der Waals surface area contributed by atoms with Crippen molar-refractivity contribution >= 4 is 33.2 Å². The van der Waals surface area contributed by atoms with Gasteiger partial charge in [-0.25, -0.2) is 8.42 Å². The van der Waals surface area contributed by atoms with Crippen molar-refractivity contribution in [3.8, 4) is 5.75 Å². The number of rotatable bonds is 9. The van der Waals surface area contributed by atoms with Crippen molar-refractivity contribution in [1.82, 2.24) is 5.32 Å². The highest BCUT2D eigenvalue weighted by atomic mass is 35.5. The number of methoxy groups -OCH3 is 2. The number of sulfonamides is 1. The lowest BCUT2D eigenvalue weighted by Crippen LogP contribution is -2.26. The second-order valence-corrected chi connectivity index (χ2v) is 7.64. The molecule has 27 heavy (non-hydrogen) atoms. The van der Waals surface area contributed by atoms with Gasteiger partial charge in [0.15, 0.2) is 0 Å². The number of halogens is 1. The normalized spacial score (nSPS) is 11.1. The molecule has 0 spiro atoms. The van der Waals surface area contributed by atoms with E-state index in [0.29, 0.717) is 19.6 Å². The fourth-order valence-corrected chi connectivity index (χ4v) is 3.86. The third kappa shape index (κ3) is 5.59. The molecule has 9 heteroatoms. The fraction of sp³-hybridized carbons (Fsp3) is 0.278. The molecule has 0 heterocycles. The van der Waals surface area contributed by atoms with Crippen molar-refractivity contribution in [3.05, 3.63) is 53.1 Å². The van der Waals surface area contributed by atoms with Crippen LogP contribution in [0.4, 0.5) is 5.69 Å². The molecule has 2 aromatic rings. The van der Waals surface area contributed by atoms with E-state index >= 15 is 0 Å². The Morgan fingerprint density at radius 3 is 2.59 bits per heavy atom. The number of anilines is 1.